The van der Waals surface area contributed by atoms with E-state index in [1.807, 2.05) is 32.8 Å². The standard InChI is InChI=1S/C16H24FNO2/c1-6-16(7-2,18(3)4)14(19)11-12-9-8-10-13(20-5)15(12)17/h8-10H,6-7,11H2,1-5H3. The minimum absolute atomic E-state index is 0.0413. The minimum atomic E-state index is -0.532. The summed E-state index contributed by atoms with van der Waals surface area (Å²) in [6.07, 6.45) is 1.50. The summed E-state index contributed by atoms with van der Waals surface area (Å²) in [5.74, 6) is -0.221. The van der Waals surface area contributed by atoms with Crippen LogP contribution in [0.25, 0.3) is 0 Å². The molecule has 1 aromatic carbocycles. The van der Waals surface area contributed by atoms with E-state index >= 15 is 0 Å². The predicted molar refractivity (Wildman–Crippen MR) is 78.7 cm³/mol. The van der Waals surface area contributed by atoms with Gasteiger partial charge in [-0.15, -0.1) is 0 Å². The maximum absolute atomic E-state index is 14.1. The zero-order valence-corrected chi connectivity index (χ0v) is 13.0. The molecule has 0 saturated carbocycles. The Hall–Kier alpha value is -1.42. The van der Waals surface area contributed by atoms with Gasteiger partial charge in [-0.2, -0.15) is 0 Å². The monoisotopic (exact) mass is 281 g/mol. The molecule has 0 atom stereocenters. The van der Waals surface area contributed by atoms with E-state index in [-0.39, 0.29) is 18.0 Å². The Kier molecular flexibility index (Phi) is 5.69. The molecule has 0 N–H and O–H groups in total. The highest BCUT2D eigenvalue weighted by molar-refractivity contribution is 5.90. The number of hydrogen-bond donors (Lipinski definition) is 0. The van der Waals surface area contributed by atoms with Crippen molar-refractivity contribution in [2.24, 2.45) is 0 Å². The van der Waals surface area contributed by atoms with Crippen LogP contribution in [0.4, 0.5) is 4.39 Å². The Morgan fingerprint density at radius 1 is 1.30 bits per heavy atom. The maximum atomic E-state index is 14.1. The van der Waals surface area contributed by atoms with Crippen molar-refractivity contribution in [3.8, 4) is 5.75 Å². The van der Waals surface area contributed by atoms with Crippen LogP contribution in [0, 0.1) is 5.82 Å². The van der Waals surface area contributed by atoms with Gasteiger partial charge in [0, 0.05) is 6.42 Å². The summed E-state index contributed by atoms with van der Waals surface area (Å²) in [4.78, 5) is 14.6. The predicted octanol–water partition coefficient (Wildman–Crippen LogP) is 3.07. The van der Waals surface area contributed by atoms with Crippen LogP contribution in [0.2, 0.25) is 0 Å². The van der Waals surface area contributed by atoms with Gasteiger partial charge < -0.3 is 4.74 Å². The molecule has 3 nitrogen and oxygen atoms in total. The number of benzene rings is 1. The van der Waals surface area contributed by atoms with E-state index < -0.39 is 11.4 Å². The molecule has 0 amide bonds. The highest BCUT2D eigenvalue weighted by Gasteiger charge is 2.36. The van der Waals surface area contributed by atoms with Gasteiger partial charge in [0.1, 0.15) is 0 Å². The van der Waals surface area contributed by atoms with Gasteiger partial charge >= 0.3 is 0 Å². The third-order valence-corrected chi connectivity index (χ3v) is 4.16. The van der Waals surface area contributed by atoms with E-state index in [2.05, 4.69) is 0 Å². The van der Waals surface area contributed by atoms with Crippen molar-refractivity contribution < 1.29 is 13.9 Å². The van der Waals surface area contributed by atoms with E-state index in [4.69, 9.17) is 4.74 Å². The molecule has 0 aliphatic carbocycles. The van der Waals surface area contributed by atoms with Crippen molar-refractivity contribution in [2.75, 3.05) is 21.2 Å². The number of likely N-dealkylation sites (N-methyl/N-ethyl adjacent to an activating group) is 1. The van der Waals surface area contributed by atoms with Crippen molar-refractivity contribution >= 4 is 5.78 Å². The van der Waals surface area contributed by atoms with Crippen LogP contribution in [0.1, 0.15) is 32.3 Å². The van der Waals surface area contributed by atoms with E-state index in [0.29, 0.717) is 18.4 Å². The molecule has 1 aromatic rings. The molecule has 0 spiro atoms. The van der Waals surface area contributed by atoms with Crippen LogP contribution in [0.5, 0.6) is 5.75 Å². The molecule has 0 saturated heterocycles. The summed E-state index contributed by atoms with van der Waals surface area (Å²) in [6.45, 7) is 3.98. The summed E-state index contributed by atoms with van der Waals surface area (Å²) >= 11 is 0. The molecule has 1 rings (SSSR count). The van der Waals surface area contributed by atoms with E-state index in [1.54, 1.807) is 18.2 Å². The molecular weight excluding hydrogens is 257 g/mol. The molecule has 0 aromatic heterocycles. The van der Waals surface area contributed by atoms with Gasteiger partial charge in [0.25, 0.3) is 0 Å². The van der Waals surface area contributed by atoms with Crippen LogP contribution in [0.15, 0.2) is 18.2 Å². The Labute approximate surface area is 120 Å². The van der Waals surface area contributed by atoms with E-state index in [0.717, 1.165) is 0 Å². The van der Waals surface area contributed by atoms with Gasteiger partial charge in [-0.05, 0) is 38.6 Å². The van der Waals surface area contributed by atoms with Gasteiger partial charge in [0.15, 0.2) is 17.3 Å². The quantitative estimate of drug-likeness (QED) is 0.769. The van der Waals surface area contributed by atoms with Gasteiger partial charge in [-0.25, -0.2) is 4.39 Å². The van der Waals surface area contributed by atoms with Crippen molar-refractivity contribution in [1.82, 2.24) is 4.90 Å². The SMILES string of the molecule is CCC(CC)(C(=O)Cc1cccc(OC)c1F)N(C)C. The first-order valence-electron chi connectivity index (χ1n) is 6.95. The molecule has 0 radical (unpaired) electrons. The van der Waals surface area contributed by atoms with Crippen molar-refractivity contribution in [3.63, 3.8) is 0 Å². The molecule has 4 heteroatoms. The number of ether oxygens (including phenoxy) is 1. The van der Waals surface area contributed by atoms with Gasteiger partial charge in [0.05, 0.1) is 12.6 Å². The molecule has 0 unspecified atom stereocenters. The molecule has 20 heavy (non-hydrogen) atoms. The van der Waals surface area contributed by atoms with E-state index in [9.17, 15) is 9.18 Å². The highest BCUT2D eigenvalue weighted by Crippen LogP contribution is 2.27. The van der Waals surface area contributed by atoms with Crippen LogP contribution < -0.4 is 4.74 Å². The molecule has 0 bridgehead atoms. The number of ketones is 1. The Balaban J connectivity index is 3.06. The summed E-state index contributed by atoms with van der Waals surface area (Å²) < 4.78 is 19.1. The lowest BCUT2D eigenvalue weighted by Gasteiger charge is -2.37. The second-order valence-corrected chi connectivity index (χ2v) is 5.17. The number of Topliss-reactive ketones (excluding diaryl/α,β-unsaturated/α-hetero) is 1. The third kappa shape index (κ3) is 3.01. The fraction of sp³-hybridized carbons (Fsp3) is 0.562. The Bertz CT molecular complexity index is 468. The van der Waals surface area contributed by atoms with Crippen molar-refractivity contribution in [1.29, 1.82) is 0 Å². The maximum Gasteiger partial charge on any atom is 0.168 e. The van der Waals surface area contributed by atoms with Crippen LogP contribution >= 0.6 is 0 Å². The smallest absolute Gasteiger partial charge is 0.168 e. The summed E-state index contributed by atoms with van der Waals surface area (Å²) in [5, 5.41) is 0. The van der Waals surface area contributed by atoms with Crippen LogP contribution in [0.3, 0.4) is 0 Å². The lowest BCUT2D eigenvalue weighted by atomic mass is 9.83. The minimum Gasteiger partial charge on any atom is -0.494 e. The summed E-state index contributed by atoms with van der Waals surface area (Å²) in [5.41, 5.74) is -0.141. The van der Waals surface area contributed by atoms with Gasteiger partial charge in [-0.1, -0.05) is 26.0 Å². The lowest BCUT2D eigenvalue weighted by molar-refractivity contribution is -0.129. The first kappa shape index (κ1) is 16.6. The number of rotatable bonds is 7. The largest absolute Gasteiger partial charge is 0.494 e. The number of carbonyl (C=O) groups is 1. The number of hydrogen-bond acceptors (Lipinski definition) is 3. The second-order valence-electron chi connectivity index (χ2n) is 5.17. The molecule has 0 aliphatic rings. The van der Waals surface area contributed by atoms with Gasteiger partial charge in [-0.3, -0.25) is 9.69 Å². The Morgan fingerprint density at radius 2 is 1.90 bits per heavy atom. The number of methoxy groups -OCH3 is 1. The first-order chi connectivity index (χ1) is 9.42. The Morgan fingerprint density at radius 3 is 2.35 bits per heavy atom. The average Bonchev–Trinajstić information content (AvgIpc) is 2.42. The molecular formula is C16H24FNO2. The van der Waals surface area contributed by atoms with Gasteiger partial charge in [0.2, 0.25) is 0 Å². The first-order valence-corrected chi connectivity index (χ1v) is 6.95. The molecule has 112 valence electrons. The number of nitrogens with zero attached hydrogens (tertiary/aromatic N) is 1. The second kappa shape index (κ2) is 6.84. The van der Waals surface area contributed by atoms with Crippen molar-refractivity contribution in [2.45, 2.75) is 38.6 Å². The number of halogens is 1. The average molecular weight is 281 g/mol. The molecule has 0 aliphatic heterocycles. The van der Waals surface area contributed by atoms with Crippen molar-refractivity contribution in [3.05, 3.63) is 29.6 Å². The summed E-state index contributed by atoms with van der Waals surface area (Å²) in [7, 11) is 5.21. The van der Waals surface area contributed by atoms with Crippen LogP contribution in [-0.4, -0.2) is 37.4 Å². The third-order valence-electron chi connectivity index (χ3n) is 4.16. The van der Waals surface area contributed by atoms with E-state index in [1.165, 1.54) is 7.11 Å². The zero-order valence-electron chi connectivity index (χ0n) is 13.0. The lowest BCUT2D eigenvalue weighted by Crippen LogP contribution is -2.51. The highest BCUT2D eigenvalue weighted by atomic mass is 19.1. The van der Waals surface area contributed by atoms with Crippen LogP contribution in [-0.2, 0) is 11.2 Å². The normalized spacial score (nSPS) is 11.8. The zero-order chi connectivity index (χ0) is 15.3. The fourth-order valence-electron chi connectivity index (χ4n) is 2.71. The molecule has 0 fully saturated rings. The number of carbonyl (C=O) groups excluding carboxylic acids is 1. The fourth-order valence-corrected chi connectivity index (χ4v) is 2.71. The summed E-state index contributed by atoms with van der Waals surface area (Å²) in [6, 6.07) is 4.91. The topological polar surface area (TPSA) is 29.5 Å². The molecule has 0 heterocycles.